The molecule has 3 nitrogen and oxygen atoms in total. The highest BCUT2D eigenvalue weighted by Crippen LogP contribution is 2.52. The molecule has 23 heavy (non-hydrogen) atoms. The average Bonchev–Trinajstić information content (AvgIpc) is 2.67. The van der Waals surface area contributed by atoms with Crippen LogP contribution in [0.5, 0.6) is 0 Å². The molecule has 1 heterocycles. The van der Waals surface area contributed by atoms with E-state index in [0.717, 1.165) is 28.2 Å². The second-order valence-corrected chi connectivity index (χ2v) is 8.78. The van der Waals surface area contributed by atoms with Gasteiger partial charge in [0.1, 0.15) is 19.3 Å². The number of hydrogen-bond donors (Lipinski definition) is 0. The van der Waals surface area contributed by atoms with Crippen LogP contribution in [0, 0.1) is 0 Å². The summed E-state index contributed by atoms with van der Waals surface area (Å²) in [7, 11) is 0.675. The van der Waals surface area contributed by atoms with Gasteiger partial charge in [0, 0.05) is 31.0 Å². The van der Waals surface area contributed by atoms with Crippen LogP contribution >= 0.6 is 7.14 Å². The third-order valence-electron chi connectivity index (χ3n) is 4.59. The van der Waals surface area contributed by atoms with Crippen LogP contribution in [0.3, 0.4) is 0 Å². The lowest BCUT2D eigenvalue weighted by molar-refractivity contribution is -0.0384. The van der Waals surface area contributed by atoms with Crippen molar-refractivity contribution >= 4 is 17.8 Å². The highest BCUT2D eigenvalue weighted by molar-refractivity contribution is 7.78. The fourth-order valence-corrected chi connectivity index (χ4v) is 6.89. The minimum Gasteiger partial charge on any atom is -0.374 e. The van der Waals surface area contributed by atoms with E-state index in [9.17, 15) is 4.57 Å². The minimum atomic E-state index is -2.70. The molecule has 0 spiro atoms. The van der Waals surface area contributed by atoms with Gasteiger partial charge in [-0.1, -0.05) is 55.5 Å². The van der Waals surface area contributed by atoms with Crippen molar-refractivity contribution < 1.29 is 14.0 Å². The Morgan fingerprint density at radius 1 is 0.870 bits per heavy atom. The van der Waals surface area contributed by atoms with Gasteiger partial charge >= 0.3 is 0 Å². The highest BCUT2D eigenvalue weighted by atomic mass is 31.2. The molecule has 122 valence electrons. The van der Waals surface area contributed by atoms with Crippen molar-refractivity contribution in [1.29, 1.82) is 0 Å². The van der Waals surface area contributed by atoms with Gasteiger partial charge in [-0.25, -0.2) is 0 Å². The number of rotatable bonds is 4. The molecule has 0 N–H and O–H groups in total. The number of ether oxygens (including phenoxy) is 2. The zero-order valence-electron chi connectivity index (χ0n) is 13.9. The van der Waals surface area contributed by atoms with Crippen molar-refractivity contribution in [3.63, 3.8) is 0 Å². The summed E-state index contributed by atoms with van der Waals surface area (Å²) < 4.78 is 25.7. The average molecular weight is 330 g/mol. The standard InChI is InChI=1S/C19H23O3P/c1-4-13-23(20)16-11-7-5-9-14(16)18(21-2)19(22-3)15-10-6-8-12-17(15)23/h5-12,18-19H,4,13H2,1-3H3/t18-,19-/m1/s1. The van der Waals surface area contributed by atoms with Gasteiger partial charge in [0.2, 0.25) is 0 Å². The van der Waals surface area contributed by atoms with Crippen LogP contribution in [-0.4, -0.2) is 20.4 Å². The van der Waals surface area contributed by atoms with E-state index >= 15 is 0 Å². The summed E-state index contributed by atoms with van der Waals surface area (Å²) >= 11 is 0. The summed E-state index contributed by atoms with van der Waals surface area (Å²) in [6.07, 6.45) is 1.01. The summed E-state index contributed by atoms with van der Waals surface area (Å²) in [5, 5.41) is 1.83. The topological polar surface area (TPSA) is 35.5 Å². The Kier molecular flexibility index (Phi) is 4.72. The van der Waals surface area contributed by atoms with Crippen molar-refractivity contribution in [2.45, 2.75) is 25.6 Å². The number of benzene rings is 2. The van der Waals surface area contributed by atoms with E-state index in [1.807, 2.05) is 48.5 Å². The molecular weight excluding hydrogens is 307 g/mol. The maximum atomic E-state index is 14.1. The molecule has 0 bridgehead atoms. The molecule has 2 aromatic rings. The van der Waals surface area contributed by atoms with E-state index in [2.05, 4.69) is 6.92 Å². The van der Waals surface area contributed by atoms with Crippen LogP contribution < -0.4 is 10.6 Å². The fraction of sp³-hybridized carbons (Fsp3) is 0.368. The molecule has 0 aliphatic carbocycles. The lowest BCUT2D eigenvalue weighted by Crippen LogP contribution is -2.21. The molecule has 0 fully saturated rings. The summed E-state index contributed by atoms with van der Waals surface area (Å²) in [6.45, 7) is 2.08. The molecule has 0 saturated carbocycles. The highest BCUT2D eigenvalue weighted by Gasteiger charge is 2.41. The van der Waals surface area contributed by atoms with Crippen molar-refractivity contribution in [3.05, 3.63) is 59.7 Å². The van der Waals surface area contributed by atoms with Crippen LogP contribution in [0.4, 0.5) is 0 Å². The van der Waals surface area contributed by atoms with E-state index < -0.39 is 7.14 Å². The van der Waals surface area contributed by atoms with E-state index in [1.54, 1.807) is 14.2 Å². The first-order valence-electron chi connectivity index (χ1n) is 8.01. The Hall–Kier alpha value is -1.41. The Bertz CT molecular complexity index is 683. The minimum absolute atomic E-state index is 0.259. The van der Waals surface area contributed by atoms with Gasteiger partial charge in [-0.3, -0.25) is 0 Å². The summed E-state index contributed by atoms with van der Waals surface area (Å²) in [6, 6.07) is 15.9. The first kappa shape index (κ1) is 16.4. The van der Waals surface area contributed by atoms with Crippen molar-refractivity contribution in [1.82, 2.24) is 0 Å². The first-order chi connectivity index (χ1) is 11.2. The second kappa shape index (κ2) is 6.60. The van der Waals surface area contributed by atoms with E-state index in [4.69, 9.17) is 9.47 Å². The normalized spacial score (nSPS) is 22.0. The largest absolute Gasteiger partial charge is 0.374 e. The third-order valence-corrected chi connectivity index (χ3v) is 8.03. The number of methoxy groups -OCH3 is 2. The van der Waals surface area contributed by atoms with E-state index in [-0.39, 0.29) is 12.2 Å². The van der Waals surface area contributed by atoms with Crippen LogP contribution in [0.1, 0.15) is 36.7 Å². The SMILES string of the molecule is CCCP1(=O)c2ccccc2[C@@H](OC)[C@H](OC)c2ccccc21. The quantitative estimate of drug-likeness (QED) is 0.800. The molecule has 1 aliphatic rings. The third kappa shape index (κ3) is 2.57. The number of hydrogen-bond acceptors (Lipinski definition) is 3. The van der Waals surface area contributed by atoms with Crippen molar-refractivity contribution in [3.8, 4) is 0 Å². The molecule has 0 saturated heterocycles. The van der Waals surface area contributed by atoms with Crippen molar-refractivity contribution in [2.24, 2.45) is 0 Å². The molecule has 4 heteroatoms. The Balaban J connectivity index is 2.38. The maximum Gasteiger partial charge on any atom is 0.143 e. The smallest absolute Gasteiger partial charge is 0.143 e. The monoisotopic (exact) mass is 330 g/mol. The van der Waals surface area contributed by atoms with Crippen molar-refractivity contribution in [2.75, 3.05) is 20.4 Å². The Morgan fingerprint density at radius 2 is 1.30 bits per heavy atom. The van der Waals surface area contributed by atoms with Gasteiger partial charge in [-0.2, -0.15) is 0 Å². The maximum absolute atomic E-state index is 14.1. The molecule has 0 amide bonds. The Labute approximate surface area is 138 Å². The van der Waals surface area contributed by atoms with E-state index in [1.165, 1.54) is 0 Å². The van der Waals surface area contributed by atoms with Crippen LogP contribution in [0.25, 0.3) is 0 Å². The summed E-state index contributed by atoms with van der Waals surface area (Å²) in [5.74, 6) is 0. The Morgan fingerprint density at radius 3 is 1.70 bits per heavy atom. The molecule has 2 atom stereocenters. The fourth-order valence-electron chi connectivity index (χ4n) is 3.63. The lowest BCUT2D eigenvalue weighted by atomic mass is 9.98. The van der Waals surface area contributed by atoms with Gasteiger partial charge in [0.05, 0.1) is 0 Å². The predicted molar refractivity (Wildman–Crippen MR) is 94.4 cm³/mol. The molecule has 0 radical (unpaired) electrons. The molecular formula is C19H23O3P. The van der Waals surface area contributed by atoms with Gasteiger partial charge in [0.15, 0.2) is 0 Å². The van der Waals surface area contributed by atoms with Gasteiger partial charge in [-0.15, -0.1) is 0 Å². The second-order valence-electron chi connectivity index (χ2n) is 5.89. The number of fused-ring (bicyclic) bond motifs is 2. The summed E-state index contributed by atoms with van der Waals surface area (Å²) in [5.41, 5.74) is 1.96. The van der Waals surface area contributed by atoms with Gasteiger partial charge in [0.25, 0.3) is 0 Å². The molecule has 2 aromatic carbocycles. The van der Waals surface area contributed by atoms with Crippen LogP contribution in [0.2, 0.25) is 0 Å². The van der Waals surface area contributed by atoms with E-state index in [0.29, 0.717) is 6.16 Å². The zero-order chi connectivity index (χ0) is 16.4. The molecule has 0 unspecified atom stereocenters. The lowest BCUT2D eigenvalue weighted by Gasteiger charge is -2.25. The summed E-state index contributed by atoms with van der Waals surface area (Å²) in [4.78, 5) is 0. The molecule has 0 aromatic heterocycles. The first-order valence-corrected chi connectivity index (χ1v) is 9.90. The van der Waals surface area contributed by atoms with Crippen LogP contribution in [0.15, 0.2) is 48.5 Å². The van der Waals surface area contributed by atoms with Gasteiger partial charge in [-0.05, 0) is 17.5 Å². The van der Waals surface area contributed by atoms with Gasteiger partial charge < -0.3 is 14.0 Å². The molecule has 3 rings (SSSR count). The molecule has 1 aliphatic heterocycles. The van der Waals surface area contributed by atoms with Crippen LogP contribution in [-0.2, 0) is 14.0 Å². The zero-order valence-corrected chi connectivity index (χ0v) is 14.8. The predicted octanol–water partition coefficient (Wildman–Crippen LogP) is 3.80.